The highest BCUT2D eigenvalue weighted by atomic mass is 16.6. The third kappa shape index (κ3) is 4.92. The predicted molar refractivity (Wildman–Crippen MR) is 150 cm³/mol. The lowest BCUT2D eigenvalue weighted by Crippen LogP contribution is -2.39. The van der Waals surface area contributed by atoms with Crippen LogP contribution in [0.2, 0.25) is 0 Å². The first-order chi connectivity index (χ1) is 18.5. The van der Waals surface area contributed by atoms with Crippen molar-refractivity contribution in [1.29, 1.82) is 0 Å². The molecule has 4 aromatic rings. The maximum atomic E-state index is 12.6. The van der Waals surface area contributed by atoms with Crippen molar-refractivity contribution in [3.63, 3.8) is 0 Å². The number of fused-ring (bicyclic) bond motifs is 1. The smallest absolute Gasteiger partial charge is 0.338 e. The Bertz CT molecular complexity index is 1420. The van der Waals surface area contributed by atoms with E-state index < -0.39 is 5.60 Å². The van der Waals surface area contributed by atoms with Gasteiger partial charge in [0.25, 0.3) is 0 Å². The molecule has 2 aromatic heterocycles. The Balaban J connectivity index is 1.58. The van der Waals surface area contributed by atoms with Gasteiger partial charge in [-0.2, -0.15) is 10.2 Å². The van der Waals surface area contributed by atoms with Gasteiger partial charge in [0.2, 0.25) is 0 Å². The molecule has 0 bridgehead atoms. The lowest BCUT2D eigenvalue weighted by atomic mass is 10.0. The summed E-state index contributed by atoms with van der Waals surface area (Å²) in [5.74, 6) is -0.347. The van der Waals surface area contributed by atoms with Gasteiger partial charge in [-0.05, 0) is 64.3 Å². The summed E-state index contributed by atoms with van der Waals surface area (Å²) < 4.78 is 15.5. The first-order valence-electron chi connectivity index (χ1n) is 13.7. The van der Waals surface area contributed by atoms with Gasteiger partial charge in [0.15, 0.2) is 5.60 Å². The normalized spacial score (nSPS) is 15.2. The number of carbonyl (C=O) groups excluding carboxylic acids is 1. The average molecular weight is 516 g/mol. The number of nitrogens with zero attached hydrogens (tertiary/aromatic N) is 5. The molecule has 5 rings (SSSR count). The SMILES string of the molecule is CCOC(=O)[C@@](C)(CC)OCc1cc(-c2ccc3cnn(CC)c3c2)n(-c2ccccc2N2CCCC2)n1. The van der Waals surface area contributed by atoms with Gasteiger partial charge in [0.05, 0.1) is 47.7 Å². The molecule has 0 amide bonds. The molecular weight excluding hydrogens is 478 g/mol. The van der Waals surface area contributed by atoms with Gasteiger partial charge < -0.3 is 14.4 Å². The number of ether oxygens (including phenoxy) is 2. The van der Waals surface area contributed by atoms with Crippen molar-refractivity contribution in [1.82, 2.24) is 19.6 Å². The number of benzene rings is 2. The van der Waals surface area contributed by atoms with E-state index in [0.717, 1.165) is 53.2 Å². The molecule has 0 spiro atoms. The second-order valence-electron chi connectivity index (χ2n) is 9.94. The van der Waals surface area contributed by atoms with E-state index in [9.17, 15) is 4.79 Å². The number of anilines is 1. The zero-order valence-corrected chi connectivity index (χ0v) is 22.8. The molecule has 3 heterocycles. The monoisotopic (exact) mass is 515 g/mol. The maximum Gasteiger partial charge on any atom is 0.338 e. The van der Waals surface area contributed by atoms with Crippen LogP contribution in [0.5, 0.6) is 0 Å². The lowest BCUT2D eigenvalue weighted by Gasteiger charge is -2.25. The van der Waals surface area contributed by atoms with Gasteiger partial charge >= 0.3 is 5.97 Å². The Labute approximate surface area is 224 Å². The zero-order valence-electron chi connectivity index (χ0n) is 22.8. The number of para-hydroxylation sites is 2. The maximum absolute atomic E-state index is 12.6. The Morgan fingerprint density at radius 1 is 1.03 bits per heavy atom. The highest BCUT2D eigenvalue weighted by Gasteiger charge is 2.34. The summed E-state index contributed by atoms with van der Waals surface area (Å²) in [6, 6.07) is 16.9. The molecule has 8 nitrogen and oxygen atoms in total. The summed E-state index contributed by atoms with van der Waals surface area (Å²) in [6.45, 7) is 11.0. The van der Waals surface area contributed by atoms with Crippen LogP contribution in [0.1, 0.15) is 52.7 Å². The van der Waals surface area contributed by atoms with Crippen molar-refractivity contribution in [2.75, 3.05) is 24.6 Å². The summed E-state index contributed by atoms with van der Waals surface area (Å²) in [4.78, 5) is 15.0. The van der Waals surface area contributed by atoms with Crippen molar-refractivity contribution in [3.05, 3.63) is 60.4 Å². The number of carbonyl (C=O) groups is 1. The molecule has 1 aliphatic heterocycles. The number of hydrogen-bond donors (Lipinski definition) is 0. The van der Waals surface area contributed by atoms with E-state index in [1.165, 1.54) is 18.5 Å². The third-order valence-corrected chi connectivity index (χ3v) is 7.48. The van der Waals surface area contributed by atoms with E-state index in [1.807, 2.05) is 22.5 Å². The summed E-state index contributed by atoms with van der Waals surface area (Å²) in [5, 5.41) is 10.7. The minimum Gasteiger partial charge on any atom is -0.464 e. The van der Waals surface area contributed by atoms with Gasteiger partial charge in [0, 0.05) is 30.6 Å². The number of aryl methyl sites for hydroxylation is 1. The molecule has 1 fully saturated rings. The summed E-state index contributed by atoms with van der Waals surface area (Å²) >= 11 is 0. The number of hydrogen-bond acceptors (Lipinski definition) is 6. The first-order valence-corrected chi connectivity index (χ1v) is 13.7. The molecule has 0 radical (unpaired) electrons. The third-order valence-electron chi connectivity index (χ3n) is 7.48. The lowest BCUT2D eigenvalue weighted by molar-refractivity contribution is -0.172. The van der Waals surface area contributed by atoms with E-state index in [2.05, 4.69) is 65.5 Å². The molecule has 0 unspecified atom stereocenters. The Kier molecular flexibility index (Phi) is 7.51. The predicted octanol–water partition coefficient (Wildman–Crippen LogP) is 5.76. The Hall–Kier alpha value is -3.65. The van der Waals surface area contributed by atoms with Crippen LogP contribution in [-0.2, 0) is 27.4 Å². The van der Waals surface area contributed by atoms with E-state index in [0.29, 0.717) is 13.0 Å². The van der Waals surface area contributed by atoms with Crippen molar-refractivity contribution >= 4 is 22.6 Å². The van der Waals surface area contributed by atoms with Gasteiger partial charge in [-0.15, -0.1) is 0 Å². The second kappa shape index (κ2) is 11.0. The largest absolute Gasteiger partial charge is 0.464 e. The number of rotatable bonds is 10. The van der Waals surface area contributed by atoms with Crippen LogP contribution in [0, 0.1) is 0 Å². The van der Waals surface area contributed by atoms with Crippen LogP contribution in [0.15, 0.2) is 54.7 Å². The van der Waals surface area contributed by atoms with E-state index >= 15 is 0 Å². The molecule has 0 N–H and O–H groups in total. The molecule has 200 valence electrons. The van der Waals surface area contributed by atoms with Crippen LogP contribution in [0.25, 0.3) is 27.8 Å². The fourth-order valence-corrected chi connectivity index (χ4v) is 5.06. The van der Waals surface area contributed by atoms with Crippen LogP contribution < -0.4 is 4.90 Å². The minimum absolute atomic E-state index is 0.199. The Morgan fingerprint density at radius 3 is 2.50 bits per heavy atom. The summed E-state index contributed by atoms with van der Waals surface area (Å²) in [5.41, 5.74) is 5.03. The summed E-state index contributed by atoms with van der Waals surface area (Å²) in [7, 11) is 0. The minimum atomic E-state index is -1.03. The molecule has 0 saturated carbocycles. The molecule has 8 heteroatoms. The highest BCUT2D eigenvalue weighted by molar-refractivity contribution is 5.84. The Morgan fingerprint density at radius 2 is 1.79 bits per heavy atom. The summed E-state index contributed by atoms with van der Waals surface area (Å²) in [6.07, 6.45) is 4.80. The number of esters is 1. The van der Waals surface area contributed by atoms with Crippen molar-refractivity contribution < 1.29 is 14.3 Å². The van der Waals surface area contributed by atoms with Crippen LogP contribution in [-0.4, -0.2) is 50.8 Å². The van der Waals surface area contributed by atoms with E-state index in [4.69, 9.17) is 14.6 Å². The molecule has 38 heavy (non-hydrogen) atoms. The quantitative estimate of drug-likeness (QED) is 0.250. The molecule has 1 saturated heterocycles. The van der Waals surface area contributed by atoms with Crippen LogP contribution >= 0.6 is 0 Å². The van der Waals surface area contributed by atoms with Gasteiger partial charge in [-0.3, -0.25) is 4.68 Å². The molecule has 1 aliphatic rings. The van der Waals surface area contributed by atoms with Crippen molar-refractivity contribution in [2.24, 2.45) is 0 Å². The van der Waals surface area contributed by atoms with Gasteiger partial charge in [-0.25, -0.2) is 9.48 Å². The molecule has 0 aliphatic carbocycles. The van der Waals surface area contributed by atoms with Crippen molar-refractivity contribution in [3.8, 4) is 16.9 Å². The molecule has 2 aromatic carbocycles. The fourth-order valence-electron chi connectivity index (χ4n) is 5.06. The number of aromatic nitrogens is 4. The van der Waals surface area contributed by atoms with Gasteiger partial charge in [0.1, 0.15) is 0 Å². The van der Waals surface area contributed by atoms with Gasteiger partial charge in [-0.1, -0.05) is 31.2 Å². The molecular formula is C30H37N5O3. The highest BCUT2D eigenvalue weighted by Crippen LogP contribution is 2.33. The topological polar surface area (TPSA) is 74.4 Å². The zero-order chi connectivity index (χ0) is 26.7. The fraction of sp³-hybridized carbons (Fsp3) is 0.433. The van der Waals surface area contributed by atoms with E-state index in [1.54, 1.807) is 13.8 Å². The van der Waals surface area contributed by atoms with Crippen LogP contribution in [0.3, 0.4) is 0 Å². The second-order valence-corrected chi connectivity index (χ2v) is 9.94. The molecule has 1 atom stereocenters. The average Bonchev–Trinajstić information content (AvgIpc) is 3.71. The van der Waals surface area contributed by atoms with Crippen LogP contribution in [0.4, 0.5) is 5.69 Å². The first kappa shape index (κ1) is 26.0. The standard InChI is InChI=1S/C30H37N5O3/c1-5-30(4,29(36)37-7-3)38-21-24-19-28(22-14-15-23-20-31-34(6-2)27(23)18-22)35(32-24)26-13-9-8-12-25(26)33-16-10-11-17-33/h8-9,12-15,18-20H,5-7,10-11,16-17,21H2,1-4H3/t30-/m1/s1. The van der Waals surface area contributed by atoms with E-state index in [-0.39, 0.29) is 12.6 Å². The van der Waals surface area contributed by atoms with Crippen molar-refractivity contribution in [2.45, 2.75) is 65.7 Å².